The number of nitrogens with one attached hydrogen (secondary N) is 5. The molecule has 42 nitrogen and oxygen atoms in total. The lowest BCUT2D eigenvalue weighted by molar-refractivity contribution is -0.151. The maximum atomic E-state index is 14.9. The minimum atomic E-state index is -2.37. The second-order valence-electron chi connectivity index (χ2n) is 25.7. The Labute approximate surface area is 659 Å². The van der Waals surface area contributed by atoms with E-state index in [1.165, 1.54) is 18.3 Å². The Kier molecular flexibility index (Phi) is 37.6. The number of Topliss-reactive ketones (excluding diaryl/α,β-unsaturated/α-hetero) is 1. The van der Waals surface area contributed by atoms with Crippen LogP contribution in [-0.4, -0.2) is 282 Å². The molecule has 24 N–H and O–H groups in total. The fraction of sp³-hybridized carbons (Fsp3) is 0.457. The highest BCUT2D eigenvalue weighted by atomic mass is 35.5. The largest absolute Gasteiger partial charge is 0.495 e. The number of aromatic nitrogens is 1. The molecule has 0 saturated carbocycles. The number of aromatic amines is 1. The summed E-state index contributed by atoms with van der Waals surface area (Å²) in [4.78, 5) is 185. The Hall–Kier alpha value is -12.6. The number of aliphatic imine (C=N–C) groups is 9. The number of allylic oxidation sites excluding steroid dienone is 3. The number of ether oxygens (including phenoxy) is 1. The highest BCUT2D eigenvalue weighted by molar-refractivity contribution is 6.31. The number of carbonyl (C=O) groups excluding carboxylic acids is 7. The summed E-state index contributed by atoms with van der Waals surface area (Å²) in [5.41, 5.74) is 17.8. The first-order chi connectivity index (χ1) is 53.6. The highest BCUT2D eigenvalue weighted by Gasteiger charge is 2.39. The Morgan fingerprint density at radius 2 is 1.17 bits per heavy atom. The number of primary amides is 1. The third kappa shape index (κ3) is 31.3. The van der Waals surface area contributed by atoms with E-state index in [1.807, 2.05) is 6.92 Å². The van der Waals surface area contributed by atoms with Crippen LogP contribution in [0.3, 0.4) is 0 Å². The van der Waals surface area contributed by atoms with Gasteiger partial charge in [0.25, 0.3) is 0 Å². The molecule has 0 aliphatic carbocycles. The number of carboxylic acids is 4. The van der Waals surface area contributed by atoms with Crippen molar-refractivity contribution in [3.05, 3.63) is 88.1 Å². The van der Waals surface area contributed by atoms with Gasteiger partial charge in [0.2, 0.25) is 82.6 Å². The number of carboxylic acid groups (broad SMARTS) is 4. The number of aliphatic hydroxyl groups is 9. The van der Waals surface area contributed by atoms with Crippen molar-refractivity contribution in [2.45, 2.75) is 178 Å². The topological polar surface area (TPSA) is 713 Å². The number of carbonyl (C=O) groups is 11. The van der Waals surface area contributed by atoms with Crippen LogP contribution >= 0.6 is 23.2 Å². The number of benzene rings is 2. The molecule has 3 aromatic rings. The van der Waals surface area contributed by atoms with E-state index in [-0.39, 0.29) is 42.1 Å². The normalized spacial score (nSPS) is 21.4. The van der Waals surface area contributed by atoms with Gasteiger partial charge in [0.15, 0.2) is 11.8 Å². The van der Waals surface area contributed by atoms with Crippen molar-refractivity contribution >= 4 is 158 Å². The Balaban J connectivity index is 2.02. The molecule has 1 aliphatic rings. The van der Waals surface area contributed by atoms with Gasteiger partial charge in [-0.2, -0.15) is 0 Å². The number of esters is 1. The molecule has 13 atom stereocenters. The molecule has 0 radical (unpaired) electrons. The van der Waals surface area contributed by atoms with Gasteiger partial charge in [-0.1, -0.05) is 67.8 Å². The van der Waals surface area contributed by atoms with Gasteiger partial charge in [0.05, 0.1) is 32.1 Å². The van der Waals surface area contributed by atoms with E-state index in [0.29, 0.717) is 27.9 Å². The maximum absolute atomic E-state index is 14.9. The number of aliphatic carboxylic acids is 4. The second kappa shape index (κ2) is 45.7. The van der Waals surface area contributed by atoms with Crippen LogP contribution in [0.25, 0.3) is 10.9 Å². The third-order valence-electron chi connectivity index (χ3n) is 16.3. The zero-order chi connectivity index (χ0) is 85.4. The van der Waals surface area contributed by atoms with Crippen molar-refractivity contribution < 1.29 is 124 Å². The zero-order valence-corrected chi connectivity index (χ0v) is 63.5. The Bertz CT molecular complexity index is 4360. The molecule has 44 heteroatoms. The quantitative estimate of drug-likeness (QED) is 0.0150. The van der Waals surface area contributed by atoms with Gasteiger partial charge in [0, 0.05) is 57.3 Å². The predicted molar refractivity (Wildman–Crippen MR) is 417 cm³/mol. The van der Waals surface area contributed by atoms with Crippen LogP contribution in [0.4, 0.5) is 5.69 Å². The zero-order valence-electron chi connectivity index (χ0n) is 62.0. The molecule has 0 bridgehead atoms. The molecule has 2 aromatic carbocycles. The number of hydrogen-bond acceptors (Lipinski definition) is 23. The molecule has 0 saturated heterocycles. The summed E-state index contributed by atoms with van der Waals surface area (Å²) in [6.45, 7) is 3.67. The summed E-state index contributed by atoms with van der Waals surface area (Å²) < 4.78 is 5.72. The number of unbranched alkanes of at least 4 members (excludes halogenated alkanes) is 1. The number of nitrogens with two attached hydrogens (primary N) is 3. The smallest absolute Gasteiger partial charge is 0.331 e. The monoisotopic (exact) mass is 1640 g/mol. The van der Waals surface area contributed by atoms with Gasteiger partial charge in [-0.25, -0.2) is 49.7 Å². The number of nitrogen functional groups attached to an aromatic ring is 1. The van der Waals surface area contributed by atoms with Crippen molar-refractivity contribution in [2.24, 2.45) is 62.3 Å². The number of fused-ring (bicyclic) bond motifs is 1. The summed E-state index contributed by atoms with van der Waals surface area (Å²) in [5.74, 6) is -28.0. The third-order valence-corrected chi connectivity index (χ3v) is 16.8. The fourth-order valence-corrected chi connectivity index (χ4v) is 10.9. The van der Waals surface area contributed by atoms with Crippen LogP contribution in [0.1, 0.15) is 115 Å². The molecule has 2 heterocycles. The lowest BCUT2D eigenvalue weighted by Gasteiger charge is -2.28. The number of aliphatic hydroxyl groups excluding tert-OH is 9. The molecule has 1 aromatic heterocycles. The minimum absolute atomic E-state index is 0.0270. The molecule has 620 valence electrons. The van der Waals surface area contributed by atoms with Gasteiger partial charge in [-0.05, 0) is 88.4 Å². The number of hydrogen-bond donors (Lipinski definition) is 21. The summed E-state index contributed by atoms with van der Waals surface area (Å²) in [6, 6.07) is -13.9. The molecular weight excluding hydrogens is 1550 g/mol. The Morgan fingerprint density at radius 1 is 0.614 bits per heavy atom. The molecular formula is C70H91Cl2N17O25. The van der Waals surface area contributed by atoms with E-state index in [9.17, 15) is 119 Å². The minimum Gasteiger partial charge on any atom is -0.495 e. The lowest BCUT2D eigenvalue weighted by atomic mass is 9.97. The first-order valence-corrected chi connectivity index (χ1v) is 35.6. The number of H-pyrrole nitrogens is 1. The van der Waals surface area contributed by atoms with Gasteiger partial charge in [0.1, 0.15) is 79.6 Å². The van der Waals surface area contributed by atoms with Crippen LogP contribution in [0, 0.1) is 5.92 Å². The molecule has 0 unspecified atom stereocenters. The predicted octanol–water partition coefficient (Wildman–Crippen LogP) is 3.05. The van der Waals surface area contributed by atoms with Crippen LogP contribution < -0.4 is 38.5 Å². The average molecular weight is 1640 g/mol. The molecule has 0 fully saturated rings. The molecule has 4 rings (SSSR count). The highest BCUT2D eigenvalue weighted by Crippen LogP contribution is 2.26. The number of cyclic esters (lactones) is 1. The molecule has 5 amide bonds. The van der Waals surface area contributed by atoms with Crippen molar-refractivity contribution in [2.75, 3.05) is 25.4 Å². The van der Waals surface area contributed by atoms with E-state index in [1.54, 1.807) is 30.4 Å². The summed E-state index contributed by atoms with van der Waals surface area (Å²) in [6.07, 6.45) is -0.850. The van der Waals surface area contributed by atoms with Crippen LogP contribution in [0.15, 0.2) is 112 Å². The van der Waals surface area contributed by atoms with Crippen molar-refractivity contribution in [1.82, 2.24) is 26.3 Å². The summed E-state index contributed by atoms with van der Waals surface area (Å²) >= 11 is 12.3. The van der Waals surface area contributed by atoms with E-state index >= 15 is 0 Å². The average Bonchev–Trinajstić information content (AvgIpc) is 1.68. The van der Waals surface area contributed by atoms with Crippen LogP contribution in [-0.2, 0) is 59.1 Å². The SMILES string of the molecule is CCC/C=C/C=C/C(=O)N[C@@H](Cc1c[nH]c2cc(Cl)ccc12)C(=O)N[C@H](CC(N)=O)C(=O)N[C@@H](CC(=O)O)C(=O)N[C@@H]1C(O)=NCC(O)=N[C@@H](CCCN)C(O)=N[C@@H](CC(=O)O)C(O)=N[C@H](C)C(O)=N[C@@H](CC(=O)O)C(O)=NCC(O)=N[C@H](C)C(O)=N[C@@H]([C@H](C)CC(=O)O)C(O)=N[C@@H](CC(=O)c2ccc(Cl)cc2N)C(=O)O[C@@H]1C. The molecule has 114 heavy (non-hydrogen) atoms. The summed E-state index contributed by atoms with van der Waals surface area (Å²) in [5, 5.41) is 152. The number of anilines is 1. The number of halogens is 2. The first-order valence-electron chi connectivity index (χ1n) is 34.9. The number of rotatable bonds is 30. The fourth-order valence-electron chi connectivity index (χ4n) is 10.5. The van der Waals surface area contributed by atoms with E-state index < -0.39 is 248 Å². The van der Waals surface area contributed by atoms with Gasteiger partial charge in [-0.3, -0.25) is 47.9 Å². The van der Waals surface area contributed by atoms with E-state index in [4.69, 9.17) is 45.1 Å². The van der Waals surface area contributed by atoms with Crippen molar-refractivity contribution in [3.8, 4) is 0 Å². The van der Waals surface area contributed by atoms with Crippen LogP contribution in [0.5, 0.6) is 0 Å². The second-order valence-corrected chi connectivity index (χ2v) is 26.5. The van der Waals surface area contributed by atoms with Crippen molar-refractivity contribution in [3.63, 3.8) is 0 Å². The van der Waals surface area contributed by atoms with Crippen molar-refractivity contribution in [1.29, 1.82) is 0 Å². The van der Waals surface area contributed by atoms with Crippen LogP contribution in [0.2, 0.25) is 10.0 Å². The number of amides is 5. The van der Waals surface area contributed by atoms with E-state index in [0.717, 1.165) is 52.3 Å². The number of nitrogens with zero attached hydrogens (tertiary/aromatic N) is 9. The summed E-state index contributed by atoms with van der Waals surface area (Å²) in [7, 11) is 0. The van der Waals surface area contributed by atoms with Gasteiger partial charge >= 0.3 is 29.8 Å². The first kappa shape index (κ1) is 93.8. The lowest BCUT2D eigenvalue weighted by Crippen LogP contribution is -2.60. The Morgan fingerprint density at radius 3 is 1.77 bits per heavy atom. The molecule has 0 spiro atoms. The number of ketones is 1. The van der Waals surface area contributed by atoms with E-state index in [2.05, 4.69) is 71.2 Å². The molecule has 1 aliphatic heterocycles. The van der Waals surface area contributed by atoms with Gasteiger partial charge < -0.3 is 115 Å². The maximum Gasteiger partial charge on any atom is 0.331 e. The standard InChI is InChI=1S/C70H91Cl2N17O25/c1-6-7-8-9-10-13-51(92)82-43(20-35-28-76-42-22-37(72)14-16-38(35)42)65(108)84-44(24-50(75)91)66(109)86-47(27-57(101)102)67(110)89-59-34(5)114-70(113)48(23-49(90)39-17-15-36(71)21-40(39)74)87-69(112)58(31(2)19-54(95)96)88-61(104)32(3)79-52(93)29-77-62(105)45(25-55(97)98)83-60(103)33(4)80-64(107)46(26-56(99)100)85-63(106)41(12-11-18-73)81-53(94)30-78-68(59)111/h8-10,13-17,21-22,28,31-34,41,43-48,58-59,76H,6-7,11-12,18-20,23-27,29-30,73-74H2,1-5H3,(H2,75,91)(H,77,105)(H,78,111)(H,79,93)(H,80,107)(H,81,94)(H,82,92)(H,83,103)(H,84,108)(H,85,106)(H,86,109)(H,87,112)(H,88,104)(H,89,110)(H,95,96)(H,97,98)(H,99,100)(H,101,102)/b9-8+,13-10+/t31-,32-,33-,34-,41+,43+,44-,45+,46+,47+,48+,58+,59+/m1/s1. The van der Waals surface area contributed by atoms with Gasteiger partial charge in [-0.15, -0.1) is 0 Å².